The van der Waals surface area contributed by atoms with E-state index in [4.69, 9.17) is 0 Å². The maximum Gasteiger partial charge on any atom is 0.256 e. The monoisotopic (exact) mass is 343 g/mol. The number of nitrogens with one attached hydrogen (secondary N) is 1. The average Bonchev–Trinajstić information content (AvgIpc) is 2.77. The summed E-state index contributed by atoms with van der Waals surface area (Å²) in [6, 6.07) is 7.22. The zero-order valence-corrected chi connectivity index (χ0v) is 15.7. The molecule has 0 aromatic heterocycles. The van der Waals surface area contributed by atoms with Crippen molar-refractivity contribution in [2.45, 2.75) is 27.2 Å². The van der Waals surface area contributed by atoms with Crippen molar-refractivity contribution in [3.63, 3.8) is 0 Å². The van der Waals surface area contributed by atoms with Crippen LogP contribution < -0.4 is 5.32 Å². The molecule has 2 amide bonds. The van der Waals surface area contributed by atoms with Gasteiger partial charge in [-0.3, -0.25) is 9.59 Å². The average molecular weight is 343 g/mol. The van der Waals surface area contributed by atoms with Crippen LogP contribution in [0.25, 0.3) is 0 Å². The highest BCUT2D eigenvalue weighted by atomic mass is 16.2. The fraction of sp³-hybridized carbons (Fsp3) is 0.500. The van der Waals surface area contributed by atoms with Crippen LogP contribution in [0.4, 0.5) is 5.69 Å². The van der Waals surface area contributed by atoms with E-state index in [9.17, 15) is 9.59 Å². The number of anilines is 1. The third kappa shape index (κ3) is 6.02. The first-order valence-corrected chi connectivity index (χ1v) is 8.83. The van der Waals surface area contributed by atoms with Crippen molar-refractivity contribution in [3.8, 4) is 0 Å². The van der Waals surface area contributed by atoms with E-state index in [1.165, 1.54) is 6.08 Å². The van der Waals surface area contributed by atoms with Gasteiger partial charge in [-0.05, 0) is 43.6 Å². The number of rotatable bonds is 3. The predicted molar refractivity (Wildman–Crippen MR) is 102 cm³/mol. The van der Waals surface area contributed by atoms with E-state index in [2.05, 4.69) is 17.3 Å². The lowest BCUT2D eigenvalue weighted by Gasteiger charge is -2.22. The molecule has 0 saturated carbocycles. The Kier molecular flexibility index (Phi) is 6.37. The van der Waals surface area contributed by atoms with Crippen LogP contribution in [0.2, 0.25) is 0 Å². The fourth-order valence-electron chi connectivity index (χ4n) is 2.70. The number of carbonyl (C=O) groups excluding carboxylic acids is 2. The van der Waals surface area contributed by atoms with E-state index < -0.39 is 0 Å². The number of amides is 2. The van der Waals surface area contributed by atoms with E-state index in [0.717, 1.165) is 26.1 Å². The molecule has 0 spiro atoms. The molecule has 0 bridgehead atoms. The number of benzene rings is 1. The number of nitrogens with zero attached hydrogens (tertiary/aromatic N) is 2. The summed E-state index contributed by atoms with van der Waals surface area (Å²) in [4.78, 5) is 29.2. The maximum absolute atomic E-state index is 12.9. The predicted octanol–water partition coefficient (Wildman–Crippen LogP) is 3.01. The summed E-state index contributed by atoms with van der Waals surface area (Å²) in [6.07, 6.45) is 4.35. The lowest BCUT2D eigenvalue weighted by molar-refractivity contribution is -0.112. The number of likely N-dealkylation sites (N-methyl/N-ethyl adjacent to an activating group) is 1. The molecule has 5 heteroatoms. The largest absolute Gasteiger partial charge is 0.337 e. The molecule has 0 unspecified atom stereocenters. The first-order valence-electron chi connectivity index (χ1n) is 8.83. The third-order valence-electron chi connectivity index (χ3n) is 4.16. The molecule has 136 valence electrons. The quantitative estimate of drug-likeness (QED) is 0.859. The molecule has 25 heavy (non-hydrogen) atoms. The summed E-state index contributed by atoms with van der Waals surface area (Å²) in [6.45, 7) is 9.42. The highest BCUT2D eigenvalue weighted by molar-refractivity contribution is 6.06. The molecule has 0 radical (unpaired) electrons. The van der Waals surface area contributed by atoms with Gasteiger partial charge in [0.15, 0.2) is 0 Å². The van der Waals surface area contributed by atoms with Gasteiger partial charge in [-0.25, -0.2) is 0 Å². The Morgan fingerprint density at radius 3 is 2.52 bits per heavy atom. The first-order chi connectivity index (χ1) is 11.8. The molecule has 5 nitrogen and oxygen atoms in total. The molecule has 1 aliphatic heterocycles. The van der Waals surface area contributed by atoms with Crippen molar-refractivity contribution in [1.29, 1.82) is 0 Å². The Labute approximate surface area is 150 Å². The van der Waals surface area contributed by atoms with Gasteiger partial charge in [-0.2, -0.15) is 0 Å². The van der Waals surface area contributed by atoms with Crippen molar-refractivity contribution in [2.75, 3.05) is 38.5 Å². The van der Waals surface area contributed by atoms with E-state index in [0.29, 0.717) is 17.8 Å². The van der Waals surface area contributed by atoms with Crippen LogP contribution in [0.15, 0.2) is 36.4 Å². The van der Waals surface area contributed by atoms with Crippen LogP contribution in [-0.2, 0) is 4.79 Å². The molecule has 1 aromatic carbocycles. The second-order valence-corrected chi connectivity index (χ2v) is 7.68. The molecule has 0 atom stereocenters. The van der Waals surface area contributed by atoms with Crippen LogP contribution in [0.1, 0.15) is 37.6 Å². The Bertz CT molecular complexity index is 647. The molecule has 1 N–H and O–H groups in total. The smallest absolute Gasteiger partial charge is 0.256 e. The maximum atomic E-state index is 12.9. The zero-order chi connectivity index (χ0) is 18.4. The normalized spacial score (nSPS) is 16.7. The van der Waals surface area contributed by atoms with Crippen LogP contribution in [-0.4, -0.2) is 54.8 Å². The van der Waals surface area contributed by atoms with Crippen LogP contribution in [0.3, 0.4) is 0 Å². The summed E-state index contributed by atoms with van der Waals surface area (Å²) in [5, 5.41) is 2.84. The number of hydrogen-bond acceptors (Lipinski definition) is 3. The SMILES string of the molecule is CN1CCCN(C(=O)c2ccccc2NC(=O)/C=C\C(C)(C)C)CC1. The third-order valence-corrected chi connectivity index (χ3v) is 4.16. The van der Waals surface area contributed by atoms with E-state index >= 15 is 0 Å². The molecule has 1 aromatic rings. The van der Waals surface area contributed by atoms with Gasteiger partial charge in [0, 0.05) is 19.6 Å². The van der Waals surface area contributed by atoms with Gasteiger partial charge < -0.3 is 15.1 Å². The van der Waals surface area contributed by atoms with Crippen molar-refractivity contribution < 1.29 is 9.59 Å². The minimum absolute atomic E-state index is 0.0222. The molecule has 1 heterocycles. The van der Waals surface area contributed by atoms with Gasteiger partial charge in [-0.15, -0.1) is 0 Å². The minimum Gasteiger partial charge on any atom is -0.337 e. The second-order valence-electron chi connectivity index (χ2n) is 7.68. The van der Waals surface area contributed by atoms with E-state index in [1.54, 1.807) is 12.1 Å². The standard InChI is InChI=1S/C20H29N3O2/c1-20(2,3)11-10-18(24)21-17-9-6-5-8-16(17)19(25)23-13-7-12-22(4)14-15-23/h5-6,8-11H,7,12-15H2,1-4H3,(H,21,24)/b11-10-. The summed E-state index contributed by atoms with van der Waals surface area (Å²) < 4.78 is 0. The Balaban J connectivity index is 2.13. The van der Waals surface area contributed by atoms with Gasteiger partial charge in [0.2, 0.25) is 5.91 Å². The number of hydrogen-bond donors (Lipinski definition) is 1. The summed E-state index contributed by atoms with van der Waals surface area (Å²) in [7, 11) is 2.07. The van der Waals surface area contributed by atoms with Crippen molar-refractivity contribution in [1.82, 2.24) is 9.80 Å². The Morgan fingerprint density at radius 2 is 1.80 bits per heavy atom. The Morgan fingerprint density at radius 1 is 1.08 bits per heavy atom. The van der Waals surface area contributed by atoms with Crippen LogP contribution in [0, 0.1) is 5.41 Å². The first kappa shape index (κ1) is 19.2. The van der Waals surface area contributed by atoms with Gasteiger partial charge >= 0.3 is 0 Å². The topological polar surface area (TPSA) is 52.6 Å². The molecule has 1 fully saturated rings. The highest BCUT2D eigenvalue weighted by Gasteiger charge is 2.21. The minimum atomic E-state index is -0.217. The van der Waals surface area contributed by atoms with E-state index in [1.807, 2.05) is 43.9 Å². The van der Waals surface area contributed by atoms with Gasteiger partial charge in [0.1, 0.15) is 0 Å². The summed E-state index contributed by atoms with van der Waals surface area (Å²) >= 11 is 0. The molecule has 1 saturated heterocycles. The zero-order valence-electron chi connectivity index (χ0n) is 15.7. The van der Waals surface area contributed by atoms with Crippen LogP contribution in [0.5, 0.6) is 0 Å². The second kappa shape index (κ2) is 8.30. The lowest BCUT2D eigenvalue weighted by atomic mass is 9.96. The molecule has 0 aliphatic carbocycles. The van der Waals surface area contributed by atoms with Crippen molar-refractivity contribution in [2.24, 2.45) is 5.41 Å². The highest BCUT2D eigenvalue weighted by Crippen LogP contribution is 2.19. The summed E-state index contributed by atoms with van der Waals surface area (Å²) in [5.41, 5.74) is 1.04. The molecular formula is C20H29N3O2. The molecule has 2 rings (SSSR count). The van der Waals surface area contributed by atoms with Crippen LogP contribution >= 0.6 is 0 Å². The van der Waals surface area contributed by atoms with Crippen molar-refractivity contribution in [3.05, 3.63) is 42.0 Å². The lowest BCUT2D eigenvalue weighted by Crippen LogP contribution is -2.35. The fourth-order valence-corrected chi connectivity index (χ4v) is 2.70. The Hall–Kier alpha value is -2.14. The molecule has 1 aliphatic rings. The van der Waals surface area contributed by atoms with Gasteiger partial charge in [-0.1, -0.05) is 39.0 Å². The van der Waals surface area contributed by atoms with E-state index in [-0.39, 0.29) is 17.2 Å². The summed E-state index contributed by atoms with van der Waals surface area (Å²) in [5.74, 6) is -0.239. The molecular weight excluding hydrogens is 314 g/mol. The number of para-hydroxylation sites is 1. The number of carbonyl (C=O) groups is 2. The number of allylic oxidation sites excluding steroid dienone is 1. The van der Waals surface area contributed by atoms with Crippen molar-refractivity contribution >= 4 is 17.5 Å². The van der Waals surface area contributed by atoms with Gasteiger partial charge in [0.25, 0.3) is 5.91 Å². The van der Waals surface area contributed by atoms with Gasteiger partial charge in [0.05, 0.1) is 11.3 Å².